The first-order valence-corrected chi connectivity index (χ1v) is 35.9. The minimum atomic E-state index is 1.16. The molecule has 0 fully saturated rings. The zero-order chi connectivity index (χ0) is 68.3. The van der Waals surface area contributed by atoms with Crippen molar-refractivity contribution >= 4 is 130 Å². The first kappa shape index (κ1) is 59.1. The van der Waals surface area contributed by atoms with Crippen molar-refractivity contribution in [3.63, 3.8) is 0 Å². The summed E-state index contributed by atoms with van der Waals surface area (Å²) in [4.78, 5) is 0. The lowest BCUT2D eigenvalue weighted by Crippen LogP contribution is -1.94. The van der Waals surface area contributed by atoms with Crippen LogP contribution in [-0.2, 0) is 0 Å². The highest BCUT2D eigenvalue weighted by atomic mass is 15.0. The van der Waals surface area contributed by atoms with Gasteiger partial charge in [0, 0.05) is 65.8 Å². The van der Waals surface area contributed by atoms with Crippen LogP contribution in [0.5, 0.6) is 0 Å². The van der Waals surface area contributed by atoms with Gasteiger partial charge in [0.1, 0.15) is 0 Å². The minimum Gasteiger partial charge on any atom is -0.309 e. The Kier molecular flexibility index (Phi) is 13.6. The molecule has 104 heavy (non-hydrogen) atoms. The fraction of sp³-hybridized carbons (Fsp3) is 0. The summed E-state index contributed by atoms with van der Waals surface area (Å²) in [6, 6.07) is 142. The lowest BCUT2D eigenvalue weighted by Gasteiger charge is -2.11. The van der Waals surface area contributed by atoms with Crippen molar-refractivity contribution in [3.8, 4) is 67.3 Å². The third-order valence-electron chi connectivity index (χ3n) is 21.8. The average molecular weight is 1320 g/mol. The van der Waals surface area contributed by atoms with E-state index in [1.165, 1.54) is 175 Å². The zero-order valence-corrected chi connectivity index (χ0v) is 56.7. The Labute approximate surface area is 600 Å². The molecule has 4 nitrogen and oxygen atoms in total. The maximum atomic E-state index is 2.44. The fourth-order valence-electron chi connectivity index (χ4n) is 17.0. The zero-order valence-electron chi connectivity index (χ0n) is 56.7. The minimum absolute atomic E-state index is 1.16. The number of rotatable bonds is 8. The van der Waals surface area contributed by atoms with Crippen LogP contribution >= 0.6 is 0 Å². The highest BCUT2D eigenvalue weighted by Gasteiger charge is 2.22. The highest BCUT2D eigenvalue weighted by Crippen LogP contribution is 2.45. The first-order valence-electron chi connectivity index (χ1n) is 35.9. The fourth-order valence-corrected chi connectivity index (χ4v) is 17.0. The molecule has 0 N–H and O–H groups in total. The molecule has 0 aliphatic heterocycles. The van der Waals surface area contributed by atoms with Gasteiger partial charge in [-0.15, -0.1) is 0 Å². The second-order valence-electron chi connectivity index (χ2n) is 27.5. The maximum absolute atomic E-state index is 2.44. The van der Waals surface area contributed by atoms with E-state index in [1.807, 2.05) is 0 Å². The molecule has 22 rings (SSSR count). The number of benzene rings is 18. The van der Waals surface area contributed by atoms with Crippen LogP contribution in [-0.4, -0.2) is 18.3 Å². The largest absolute Gasteiger partial charge is 0.309 e. The van der Waals surface area contributed by atoms with Crippen molar-refractivity contribution in [2.24, 2.45) is 0 Å². The van der Waals surface area contributed by atoms with Crippen molar-refractivity contribution in [1.29, 1.82) is 0 Å². The van der Waals surface area contributed by atoms with Crippen molar-refractivity contribution in [3.05, 3.63) is 388 Å². The van der Waals surface area contributed by atoms with Crippen LogP contribution < -0.4 is 0 Å². The van der Waals surface area contributed by atoms with E-state index in [0.717, 1.165) is 22.7 Å². The molecule has 22 aromatic rings. The summed E-state index contributed by atoms with van der Waals surface area (Å²) in [6.45, 7) is 0. The molecular weight excluding hydrogens is 1260 g/mol. The normalized spacial score (nSPS) is 11.8. The van der Waals surface area contributed by atoms with Crippen LogP contribution in [0.1, 0.15) is 0 Å². The van der Waals surface area contributed by atoms with E-state index in [-0.39, 0.29) is 0 Å². The molecule has 0 spiro atoms. The smallest absolute Gasteiger partial charge is 0.0547 e. The van der Waals surface area contributed by atoms with Gasteiger partial charge < -0.3 is 18.3 Å². The predicted molar refractivity (Wildman–Crippen MR) is 442 cm³/mol. The Morgan fingerprint density at radius 1 is 0.125 bits per heavy atom. The van der Waals surface area contributed by atoms with E-state index >= 15 is 0 Å². The summed E-state index contributed by atoms with van der Waals surface area (Å²) >= 11 is 0. The number of nitrogens with zero attached hydrogens (tertiary/aromatic N) is 4. The molecule has 4 heterocycles. The molecule has 484 valence electrons. The van der Waals surface area contributed by atoms with Crippen LogP contribution in [0, 0.1) is 0 Å². The van der Waals surface area contributed by atoms with Crippen LogP contribution in [0.25, 0.3) is 198 Å². The van der Waals surface area contributed by atoms with Crippen molar-refractivity contribution < 1.29 is 0 Å². The second-order valence-corrected chi connectivity index (χ2v) is 27.5. The van der Waals surface area contributed by atoms with Gasteiger partial charge in [0.05, 0.1) is 44.1 Å². The van der Waals surface area contributed by atoms with Gasteiger partial charge in [-0.05, 0) is 197 Å². The summed E-state index contributed by atoms with van der Waals surface area (Å²) in [7, 11) is 0. The molecule has 4 heteroatoms. The molecule has 0 bridgehead atoms. The third kappa shape index (κ3) is 9.46. The van der Waals surface area contributed by atoms with Crippen LogP contribution in [0.15, 0.2) is 388 Å². The van der Waals surface area contributed by atoms with E-state index in [0.29, 0.717) is 0 Å². The number of fused-ring (bicyclic) bond motifs is 20. The number of para-hydroxylation sites is 2. The second kappa shape index (κ2) is 24.0. The quantitative estimate of drug-likeness (QED) is 0.144. The molecule has 0 amide bonds. The highest BCUT2D eigenvalue weighted by molar-refractivity contribution is 6.30. The molecule has 0 unspecified atom stereocenters. The predicted octanol–water partition coefficient (Wildman–Crippen LogP) is 27.0. The Hall–Kier alpha value is -13.8. The third-order valence-corrected chi connectivity index (χ3v) is 21.8. The Morgan fingerprint density at radius 3 is 0.760 bits per heavy atom. The lowest BCUT2D eigenvalue weighted by atomic mass is 10.00. The molecule has 0 saturated carbocycles. The summed E-state index contributed by atoms with van der Waals surface area (Å²) in [5, 5.41) is 20.5. The van der Waals surface area contributed by atoms with E-state index < -0.39 is 0 Å². The lowest BCUT2D eigenvalue weighted by molar-refractivity contribution is 1.18. The van der Waals surface area contributed by atoms with Gasteiger partial charge in [-0.3, -0.25) is 0 Å². The standard InChI is InChI=1S/2C50H32N2/c1-2-11-33(12-3-1)37-15-10-16-40(31-37)52-45-20-9-8-19-43(45)44-32-38(25-28-46(44)52)34-21-26-39(27-22-34)51-47-29-23-35-13-4-6-17-41(35)49(47)50-42-18-7-5-14-36(42)24-30-48(50)51;1-2-10-33(11-3-1)34-18-25-39(26-19-34)51-45-17-9-8-16-43(45)44-32-38(24-29-46(44)51)35-20-27-40(28-21-35)52-47-30-22-36-12-4-6-14-41(36)49(47)50-42-15-7-5-13-37(42)23-31-48(50)52/h2*1-32H. The van der Waals surface area contributed by atoms with Crippen LogP contribution in [0.3, 0.4) is 0 Å². The molecule has 0 radical (unpaired) electrons. The van der Waals surface area contributed by atoms with Crippen LogP contribution in [0.4, 0.5) is 0 Å². The average Bonchev–Trinajstić information content (AvgIpc) is 1.57. The van der Waals surface area contributed by atoms with Gasteiger partial charge in [0.25, 0.3) is 0 Å². The van der Waals surface area contributed by atoms with Gasteiger partial charge in [-0.25, -0.2) is 0 Å². The number of hydrogen-bond acceptors (Lipinski definition) is 0. The van der Waals surface area contributed by atoms with Gasteiger partial charge >= 0.3 is 0 Å². The Morgan fingerprint density at radius 2 is 0.375 bits per heavy atom. The summed E-state index contributed by atoms with van der Waals surface area (Å²) in [5.41, 5.74) is 24.1. The van der Waals surface area contributed by atoms with E-state index in [2.05, 4.69) is 407 Å². The van der Waals surface area contributed by atoms with Crippen LogP contribution in [0.2, 0.25) is 0 Å². The van der Waals surface area contributed by atoms with E-state index in [9.17, 15) is 0 Å². The number of hydrogen-bond donors (Lipinski definition) is 0. The summed E-state index contributed by atoms with van der Waals surface area (Å²) in [6.07, 6.45) is 0. The van der Waals surface area contributed by atoms with Crippen molar-refractivity contribution in [1.82, 2.24) is 18.3 Å². The number of aromatic nitrogens is 4. The van der Waals surface area contributed by atoms with Gasteiger partial charge in [0.2, 0.25) is 0 Å². The summed E-state index contributed by atoms with van der Waals surface area (Å²) < 4.78 is 9.67. The molecule has 0 saturated heterocycles. The Bertz CT molecular complexity index is 6990. The molecule has 0 aliphatic rings. The first-order chi connectivity index (χ1) is 51.6. The molecular formula is C100H64N4. The summed E-state index contributed by atoms with van der Waals surface area (Å²) in [5.74, 6) is 0. The maximum Gasteiger partial charge on any atom is 0.0547 e. The van der Waals surface area contributed by atoms with Crippen molar-refractivity contribution in [2.45, 2.75) is 0 Å². The topological polar surface area (TPSA) is 19.7 Å². The molecule has 0 aliphatic carbocycles. The molecule has 4 aromatic heterocycles. The van der Waals surface area contributed by atoms with Gasteiger partial charge in [-0.2, -0.15) is 0 Å². The monoisotopic (exact) mass is 1320 g/mol. The van der Waals surface area contributed by atoms with Gasteiger partial charge in [0.15, 0.2) is 0 Å². The molecule has 0 atom stereocenters. The SMILES string of the molecule is c1ccc(-c2ccc(-n3c4ccccc4c4cc(-c5ccc(-n6c7ccc8ccccc8c7c7c8ccccc8ccc76)cc5)ccc43)cc2)cc1.c1ccc(-c2cccc(-n3c4ccccc4c4cc(-c5ccc(-n6c7ccc8ccccc8c7c7c8ccccc8ccc76)cc5)ccc43)c2)cc1. The van der Waals surface area contributed by atoms with E-state index in [1.54, 1.807) is 0 Å². The van der Waals surface area contributed by atoms with E-state index in [4.69, 9.17) is 0 Å². The molecule has 18 aromatic carbocycles. The Balaban J connectivity index is 0.000000134. The van der Waals surface area contributed by atoms with Crippen molar-refractivity contribution in [2.75, 3.05) is 0 Å². The van der Waals surface area contributed by atoms with Gasteiger partial charge in [-0.1, -0.05) is 279 Å².